The van der Waals surface area contributed by atoms with Crippen molar-refractivity contribution >= 4 is 23.5 Å². The Morgan fingerprint density at radius 1 is 1.40 bits per heavy atom. The molecule has 2 fully saturated rings. The summed E-state index contributed by atoms with van der Waals surface area (Å²) in [6.45, 7) is 2.72. The average molecular weight is 301 g/mol. The summed E-state index contributed by atoms with van der Waals surface area (Å²) in [7, 11) is 0. The molecule has 2 rings (SSSR count). The van der Waals surface area contributed by atoms with Gasteiger partial charge < -0.3 is 20.6 Å². The molecular weight excluding hydrogens is 278 g/mol. The first kappa shape index (κ1) is 15.4. The molecule has 0 aromatic rings. The Morgan fingerprint density at radius 3 is 2.50 bits per heavy atom. The molecule has 2 aliphatic heterocycles. The van der Waals surface area contributed by atoms with Crippen molar-refractivity contribution in [1.82, 2.24) is 4.90 Å². The van der Waals surface area contributed by atoms with E-state index < -0.39 is 0 Å². The van der Waals surface area contributed by atoms with Gasteiger partial charge in [0, 0.05) is 32.2 Å². The lowest BCUT2D eigenvalue weighted by atomic mass is 9.92. The van der Waals surface area contributed by atoms with Gasteiger partial charge in [-0.3, -0.25) is 4.79 Å². The minimum Gasteiger partial charge on any atom is -0.409 e. The molecule has 114 valence electrons. The molecule has 0 saturated carbocycles. The number of amidine groups is 1. The SMILES string of the molecule is CSC1(C(N)=NO)CCN(C(=O)C2CCOCC2)CC1. The highest BCUT2D eigenvalue weighted by Crippen LogP contribution is 2.35. The van der Waals surface area contributed by atoms with Crippen LogP contribution in [0.2, 0.25) is 0 Å². The maximum absolute atomic E-state index is 12.4. The van der Waals surface area contributed by atoms with E-state index in [1.165, 1.54) is 0 Å². The van der Waals surface area contributed by atoms with Crippen LogP contribution in [0.1, 0.15) is 25.7 Å². The van der Waals surface area contributed by atoms with Crippen LogP contribution in [0.4, 0.5) is 0 Å². The van der Waals surface area contributed by atoms with E-state index in [9.17, 15) is 4.79 Å². The fraction of sp³-hybridized carbons (Fsp3) is 0.846. The molecule has 3 N–H and O–H groups in total. The van der Waals surface area contributed by atoms with Gasteiger partial charge in [0.2, 0.25) is 5.91 Å². The van der Waals surface area contributed by atoms with E-state index in [1.807, 2.05) is 11.2 Å². The van der Waals surface area contributed by atoms with Crippen molar-refractivity contribution in [2.45, 2.75) is 30.4 Å². The van der Waals surface area contributed by atoms with Crippen LogP contribution in [0.3, 0.4) is 0 Å². The predicted molar refractivity (Wildman–Crippen MR) is 79.0 cm³/mol. The van der Waals surface area contributed by atoms with E-state index in [2.05, 4.69) is 5.16 Å². The maximum atomic E-state index is 12.4. The summed E-state index contributed by atoms with van der Waals surface area (Å²) in [5, 5.41) is 12.1. The summed E-state index contributed by atoms with van der Waals surface area (Å²) in [6, 6.07) is 0. The topological polar surface area (TPSA) is 88.2 Å². The number of carbonyl (C=O) groups is 1. The Morgan fingerprint density at radius 2 is 2.00 bits per heavy atom. The molecule has 0 aliphatic carbocycles. The van der Waals surface area contributed by atoms with Gasteiger partial charge in [0.15, 0.2) is 5.84 Å². The van der Waals surface area contributed by atoms with Crippen LogP contribution in [0.15, 0.2) is 5.16 Å². The second kappa shape index (κ2) is 6.67. The van der Waals surface area contributed by atoms with Crippen LogP contribution in [0.5, 0.6) is 0 Å². The molecule has 6 nitrogen and oxygen atoms in total. The zero-order valence-electron chi connectivity index (χ0n) is 11.9. The van der Waals surface area contributed by atoms with Gasteiger partial charge >= 0.3 is 0 Å². The van der Waals surface area contributed by atoms with Crippen molar-refractivity contribution in [3.05, 3.63) is 0 Å². The van der Waals surface area contributed by atoms with Crippen molar-refractivity contribution in [3.63, 3.8) is 0 Å². The van der Waals surface area contributed by atoms with E-state index in [-0.39, 0.29) is 22.4 Å². The van der Waals surface area contributed by atoms with Crippen molar-refractivity contribution < 1.29 is 14.7 Å². The molecule has 0 spiro atoms. The Balaban J connectivity index is 1.94. The maximum Gasteiger partial charge on any atom is 0.225 e. The van der Waals surface area contributed by atoms with Crippen molar-refractivity contribution in [3.8, 4) is 0 Å². The highest BCUT2D eigenvalue weighted by atomic mass is 32.2. The number of thioether (sulfide) groups is 1. The van der Waals surface area contributed by atoms with Gasteiger partial charge in [0.25, 0.3) is 0 Å². The Bertz CT molecular complexity index is 375. The third-order valence-corrected chi connectivity index (χ3v) is 5.82. The summed E-state index contributed by atoms with van der Waals surface area (Å²) in [5.41, 5.74) is 5.82. The van der Waals surface area contributed by atoms with Crippen LogP contribution in [-0.4, -0.2) is 59.2 Å². The lowest BCUT2D eigenvalue weighted by Crippen LogP contribution is -2.52. The summed E-state index contributed by atoms with van der Waals surface area (Å²) in [4.78, 5) is 14.4. The minimum atomic E-state index is -0.332. The Kier molecular flexibility index (Phi) is 5.15. The lowest BCUT2D eigenvalue weighted by molar-refractivity contribution is -0.139. The molecule has 0 aromatic heterocycles. The van der Waals surface area contributed by atoms with Gasteiger partial charge in [-0.1, -0.05) is 5.16 Å². The van der Waals surface area contributed by atoms with E-state index in [0.717, 1.165) is 25.7 Å². The van der Waals surface area contributed by atoms with E-state index in [4.69, 9.17) is 15.7 Å². The lowest BCUT2D eigenvalue weighted by Gasteiger charge is -2.41. The first-order valence-electron chi connectivity index (χ1n) is 7.02. The fourth-order valence-electron chi connectivity index (χ4n) is 2.95. The summed E-state index contributed by atoms with van der Waals surface area (Å²) < 4.78 is 4.97. The number of oxime groups is 1. The zero-order chi connectivity index (χ0) is 14.6. The molecule has 2 aliphatic rings. The first-order valence-corrected chi connectivity index (χ1v) is 8.25. The third kappa shape index (κ3) is 3.03. The molecule has 0 atom stereocenters. The number of nitrogens with two attached hydrogens (primary N) is 1. The van der Waals surface area contributed by atoms with Crippen LogP contribution >= 0.6 is 11.8 Å². The van der Waals surface area contributed by atoms with Gasteiger partial charge in [-0.15, -0.1) is 0 Å². The van der Waals surface area contributed by atoms with E-state index in [0.29, 0.717) is 26.3 Å². The number of carbonyl (C=O) groups excluding carboxylic acids is 1. The predicted octanol–water partition coefficient (Wildman–Crippen LogP) is 0.884. The molecule has 2 heterocycles. The number of hydrogen-bond donors (Lipinski definition) is 2. The smallest absolute Gasteiger partial charge is 0.225 e. The molecule has 2 saturated heterocycles. The minimum absolute atomic E-state index is 0.106. The van der Waals surface area contributed by atoms with E-state index >= 15 is 0 Å². The number of nitrogens with zero attached hydrogens (tertiary/aromatic N) is 2. The third-order valence-electron chi connectivity index (χ3n) is 4.42. The molecule has 0 unspecified atom stereocenters. The van der Waals surface area contributed by atoms with Crippen molar-refractivity contribution in [1.29, 1.82) is 0 Å². The first-order chi connectivity index (χ1) is 9.63. The van der Waals surface area contributed by atoms with Gasteiger partial charge in [-0.2, -0.15) is 11.8 Å². The molecule has 0 bridgehead atoms. The summed E-state index contributed by atoms with van der Waals surface area (Å²) in [5.74, 6) is 0.611. The van der Waals surface area contributed by atoms with Gasteiger partial charge in [-0.05, 0) is 31.9 Å². The highest BCUT2D eigenvalue weighted by molar-refractivity contribution is 8.00. The van der Waals surface area contributed by atoms with Crippen LogP contribution in [-0.2, 0) is 9.53 Å². The van der Waals surface area contributed by atoms with Crippen molar-refractivity contribution in [2.75, 3.05) is 32.6 Å². The largest absolute Gasteiger partial charge is 0.409 e. The highest BCUT2D eigenvalue weighted by Gasteiger charge is 2.40. The number of piperidine rings is 1. The zero-order valence-corrected chi connectivity index (χ0v) is 12.7. The van der Waals surface area contributed by atoms with Crippen molar-refractivity contribution in [2.24, 2.45) is 16.8 Å². The quantitative estimate of drug-likeness (QED) is 0.350. The number of ether oxygens (including phenoxy) is 1. The number of amides is 1. The molecular formula is C13H23N3O3S. The van der Waals surface area contributed by atoms with Crippen LogP contribution < -0.4 is 5.73 Å². The second-order valence-corrected chi connectivity index (χ2v) is 6.59. The van der Waals surface area contributed by atoms with Crippen LogP contribution in [0.25, 0.3) is 0 Å². The van der Waals surface area contributed by atoms with Gasteiger partial charge in [0.1, 0.15) is 0 Å². The Labute approximate surface area is 123 Å². The number of likely N-dealkylation sites (tertiary alicyclic amines) is 1. The number of hydrogen-bond acceptors (Lipinski definition) is 5. The molecule has 20 heavy (non-hydrogen) atoms. The molecule has 1 amide bonds. The normalized spacial score (nSPS) is 24.6. The second-order valence-electron chi connectivity index (χ2n) is 5.40. The average Bonchev–Trinajstić information content (AvgIpc) is 2.54. The van der Waals surface area contributed by atoms with Crippen LogP contribution in [0, 0.1) is 5.92 Å². The molecule has 7 heteroatoms. The summed E-state index contributed by atoms with van der Waals surface area (Å²) in [6.07, 6.45) is 5.08. The monoisotopic (exact) mass is 301 g/mol. The van der Waals surface area contributed by atoms with Gasteiger partial charge in [0.05, 0.1) is 4.75 Å². The summed E-state index contributed by atoms with van der Waals surface area (Å²) >= 11 is 1.60. The van der Waals surface area contributed by atoms with E-state index in [1.54, 1.807) is 11.8 Å². The number of rotatable bonds is 3. The molecule has 0 aromatic carbocycles. The van der Waals surface area contributed by atoms with Gasteiger partial charge in [-0.25, -0.2) is 0 Å². The molecule has 0 radical (unpaired) electrons. The Hall–Kier alpha value is -0.950. The standard InChI is InChI=1S/C13H23N3O3S/c1-20-13(12(14)15-18)4-6-16(7-5-13)11(17)10-2-8-19-9-3-10/h10,18H,2-9H2,1H3,(H2,14,15). The fourth-order valence-corrected chi connectivity index (χ4v) is 3.79.